The highest BCUT2D eigenvalue weighted by Gasteiger charge is 2.14. The van der Waals surface area contributed by atoms with Crippen molar-refractivity contribution >= 4 is 15.9 Å². The summed E-state index contributed by atoms with van der Waals surface area (Å²) in [5.41, 5.74) is 9.81. The summed E-state index contributed by atoms with van der Waals surface area (Å²) >= 11 is 3.53. The van der Waals surface area contributed by atoms with Gasteiger partial charge in [0, 0.05) is 12.0 Å². The Kier molecular flexibility index (Phi) is 4.27. The predicted octanol–water partition coefficient (Wildman–Crippen LogP) is 2.97. The second-order valence-electron chi connectivity index (χ2n) is 4.52. The Bertz CT molecular complexity index is 593. The molecule has 102 valence electrons. The quantitative estimate of drug-likeness (QED) is 0.909. The largest absolute Gasteiger partial charge is 0.496 e. The van der Waals surface area contributed by atoms with Gasteiger partial charge in [-0.25, -0.2) is 4.98 Å². The van der Waals surface area contributed by atoms with Crippen LogP contribution in [0.2, 0.25) is 0 Å². The number of hydrogen-bond donors (Lipinski definition) is 2. The molecule has 0 saturated carbocycles. The van der Waals surface area contributed by atoms with E-state index >= 15 is 0 Å². The molecule has 1 aromatic carbocycles. The second-order valence-corrected chi connectivity index (χ2v) is 5.31. The fourth-order valence-electron chi connectivity index (χ4n) is 2.10. The van der Waals surface area contributed by atoms with E-state index in [0.717, 1.165) is 45.0 Å². The van der Waals surface area contributed by atoms with Crippen molar-refractivity contribution in [3.05, 3.63) is 33.7 Å². The van der Waals surface area contributed by atoms with E-state index in [2.05, 4.69) is 38.9 Å². The van der Waals surface area contributed by atoms with Gasteiger partial charge in [0.2, 0.25) is 0 Å². The molecule has 0 bridgehead atoms. The molecule has 19 heavy (non-hydrogen) atoms. The summed E-state index contributed by atoms with van der Waals surface area (Å²) in [5.74, 6) is 1.80. The summed E-state index contributed by atoms with van der Waals surface area (Å²) in [6.07, 6.45) is 0.743. The van der Waals surface area contributed by atoms with Crippen LogP contribution in [0, 0.1) is 13.8 Å². The number of nitrogens with one attached hydrogen (secondary N) is 1. The Morgan fingerprint density at radius 2 is 2.05 bits per heavy atom. The molecule has 0 aliphatic rings. The minimum absolute atomic E-state index is 0.583. The van der Waals surface area contributed by atoms with Crippen LogP contribution < -0.4 is 10.5 Å². The molecule has 0 aliphatic carbocycles. The van der Waals surface area contributed by atoms with Crippen molar-refractivity contribution in [2.45, 2.75) is 20.3 Å². The molecule has 1 aromatic heterocycles. The number of aromatic nitrogens is 2. The minimum Gasteiger partial charge on any atom is -0.496 e. The fraction of sp³-hybridized carbons (Fsp3) is 0.357. The van der Waals surface area contributed by atoms with Gasteiger partial charge < -0.3 is 15.5 Å². The predicted molar refractivity (Wildman–Crippen MR) is 80.5 cm³/mol. The number of hydrogen-bond acceptors (Lipinski definition) is 3. The first-order chi connectivity index (χ1) is 9.06. The van der Waals surface area contributed by atoms with Crippen LogP contribution in [0.5, 0.6) is 5.75 Å². The normalized spacial score (nSPS) is 10.8. The van der Waals surface area contributed by atoms with Gasteiger partial charge in [0.05, 0.1) is 7.11 Å². The summed E-state index contributed by atoms with van der Waals surface area (Å²) in [6, 6.07) is 4.13. The Balaban J connectivity index is 2.49. The standard InChI is InChI=1S/C14H18BrN3O/c1-8-7-11(19-3)9(2)6-10(8)13-14(15)18-12(17-13)4-5-16/h6-7H,4-5,16H2,1-3H3,(H,17,18). The lowest BCUT2D eigenvalue weighted by Gasteiger charge is -2.10. The summed E-state index contributed by atoms with van der Waals surface area (Å²) in [5, 5.41) is 0. The third-order valence-corrected chi connectivity index (χ3v) is 3.66. The molecule has 0 saturated heterocycles. The molecule has 3 N–H and O–H groups in total. The van der Waals surface area contributed by atoms with Gasteiger partial charge in [-0.2, -0.15) is 0 Å². The Morgan fingerprint density at radius 3 is 2.68 bits per heavy atom. The van der Waals surface area contributed by atoms with Crippen molar-refractivity contribution in [1.82, 2.24) is 9.97 Å². The van der Waals surface area contributed by atoms with E-state index in [1.54, 1.807) is 7.11 Å². The zero-order chi connectivity index (χ0) is 14.0. The van der Waals surface area contributed by atoms with Crippen LogP contribution in [0.1, 0.15) is 17.0 Å². The zero-order valence-electron chi connectivity index (χ0n) is 11.4. The number of imidazole rings is 1. The first kappa shape index (κ1) is 14.1. The van der Waals surface area contributed by atoms with E-state index < -0.39 is 0 Å². The number of benzene rings is 1. The van der Waals surface area contributed by atoms with Gasteiger partial charge in [-0.15, -0.1) is 0 Å². The lowest BCUT2D eigenvalue weighted by atomic mass is 10.0. The summed E-state index contributed by atoms with van der Waals surface area (Å²) < 4.78 is 6.23. The van der Waals surface area contributed by atoms with Gasteiger partial charge in [0.15, 0.2) is 0 Å². The smallest absolute Gasteiger partial charge is 0.122 e. The van der Waals surface area contributed by atoms with Crippen LogP contribution >= 0.6 is 15.9 Å². The molecule has 2 rings (SSSR count). The third-order valence-electron chi connectivity index (χ3n) is 3.09. The molecule has 1 heterocycles. The van der Waals surface area contributed by atoms with Gasteiger partial charge in [-0.05, 0) is 59.6 Å². The number of aromatic amines is 1. The molecule has 0 atom stereocenters. The maximum Gasteiger partial charge on any atom is 0.122 e. The number of halogens is 1. The Hall–Kier alpha value is -1.33. The van der Waals surface area contributed by atoms with Gasteiger partial charge in [-0.3, -0.25) is 0 Å². The number of methoxy groups -OCH3 is 1. The number of nitrogens with two attached hydrogens (primary N) is 1. The molecular weight excluding hydrogens is 306 g/mol. The molecule has 0 fully saturated rings. The lowest BCUT2D eigenvalue weighted by molar-refractivity contribution is 0.411. The monoisotopic (exact) mass is 323 g/mol. The van der Waals surface area contributed by atoms with E-state index in [9.17, 15) is 0 Å². The molecule has 4 nitrogen and oxygen atoms in total. The average molecular weight is 324 g/mol. The molecule has 2 aromatic rings. The van der Waals surface area contributed by atoms with Crippen LogP contribution in [0.4, 0.5) is 0 Å². The first-order valence-electron chi connectivity index (χ1n) is 6.17. The van der Waals surface area contributed by atoms with Crippen LogP contribution in [0.25, 0.3) is 11.3 Å². The highest BCUT2D eigenvalue weighted by atomic mass is 79.9. The van der Waals surface area contributed by atoms with Gasteiger partial charge in [-0.1, -0.05) is 0 Å². The van der Waals surface area contributed by atoms with Crippen molar-refractivity contribution in [2.75, 3.05) is 13.7 Å². The molecule has 5 heteroatoms. The molecule has 0 unspecified atom stereocenters. The number of ether oxygens (including phenoxy) is 1. The Labute approximate surface area is 121 Å². The zero-order valence-corrected chi connectivity index (χ0v) is 13.0. The fourth-order valence-corrected chi connectivity index (χ4v) is 2.63. The van der Waals surface area contributed by atoms with Crippen molar-refractivity contribution in [1.29, 1.82) is 0 Å². The van der Waals surface area contributed by atoms with E-state index in [1.807, 2.05) is 13.0 Å². The van der Waals surface area contributed by atoms with Gasteiger partial charge >= 0.3 is 0 Å². The SMILES string of the molecule is COc1cc(C)c(-c2nc(CCN)[nH]c2Br)cc1C. The maximum atomic E-state index is 5.56. The lowest BCUT2D eigenvalue weighted by Crippen LogP contribution is -2.03. The minimum atomic E-state index is 0.583. The topological polar surface area (TPSA) is 63.9 Å². The third kappa shape index (κ3) is 2.82. The summed E-state index contributed by atoms with van der Waals surface area (Å²) in [6.45, 7) is 4.67. The molecule has 0 radical (unpaired) electrons. The molecule has 0 spiro atoms. The van der Waals surface area contributed by atoms with E-state index in [4.69, 9.17) is 10.5 Å². The van der Waals surface area contributed by atoms with Gasteiger partial charge in [0.1, 0.15) is 21.9 Å². The van der Waals surface area contributed by atoms with Crippen LogP contribution in [0.15, 0.2) is 16.7 Å². The number of H-pyrrole nitrogens is 1. The summed E-state index contributed by atoms with van der Waals surface area (Å²) in [7, 11) is 1.69. The number of rotatable bonds is 4. The van der Waals surface area contributed by atoms with E-state index in [-0.39, 0.29) is 0 Å². The molecule has 0 amide bonds. The number of nitrogens with zero attached hydrogens (tertiary/aromatic N) is 1. The van der Waals surface area contributed by atoms with Crippen LogP contribution in [0.3, 0.4) is 0 Å². The van der Waals surface area contributed by atoms with E-state index in [0.29, 0.717) is 6.54 Å². The number of aryl methyl sites for hydroxylation is 2. The van der Waals surface area contributed by atoms with Crippen molar-refractivity contribution in [3.8, 4) is 17.0 Å². The molecule has 0 aliphatic heterocycles. The van der Waals surface area contributed by atoms with Crippen LogP contribution in [-0.4, -0.2) is 23.6 Å². The summed E-state index contributed by atoms with van der Waals surface area (Å²) in [4.78, 5) is 7.82. The second kappa shape index (κ2) is 5.75. The maximum absolute atomic E-state index is 5.56. The highest BCUT2D eigenvalue weighted by molar-refractivity contribution is 9.10. The molecular formula is C14H18BrN3O. The van der Waals surface area contributed by atoms with Crippen molar-refractivity contribution in [2.24, 2.45) is 5.73 Å². The van der Waals surface area contributed by atoms with E-state index in [1.165, 1.54) is 0 Å². The van der Waals surface area contributed by atoms with Gasteiger partial charge in [0.25, 0.3) is 0 Å². The Morgan fingerprint density at radius 1 is 1.32 bits per heavy atom. The van der Waals surface area contributed by atoms with Crippen molar-refractivity contribution < 1.29 is 4.74 Å². The first-order valence-corrected chi connectivity index (χ1v) is 6.96. The van der Waals surface area contributed by atoms with Crippen LogP contribution in [-0.2, 0) is 6.42 Å². The average Bonchev–Trinajstić information content (AvgIpc) is 2.73. The van der Waals surface area contributed by atoms with Crippen molar-refractivity contribution in [3.63, 3.8) is 0 Å². The highest BCUT2D eigenvalue weighted by Crippen LogP contribution is 2.33.